The standard InChI is InChI=1S/C7H7O.Li/c1-8-7-5-3-2-4-6-7;/h3-6H,1H3;/q-1;+1. The Bertz CT molecular complexity index is 150. The Morgan fingerprint density at radius 1 is 1.33 bits per heavy atom. The van der Waals surface area contributed by atoms with Crippen molar-refractivity contribution < 1.29 is 23.6 Å². The van der Waals surface area contributed by atoms with E-state index in [1.807, 2.05) is 24.3 Å². The predicted octanol–water partition coefficient (Wildman–Crippen LogP) is -1.50. The first-order chi connectivity index (χ1) is 3.93. The van der Waals surface area contributed by atoms with Gasteiger partial charge in [0.2, 0.25) is 0 Å². The van der Waals surface area contributed by atoms with Crippen LogP contribution in [0.4, 0.5) is 0 Å². The molecule has 0 unspecified atom stereocenters. The first-order valence-corrected chi connectivity index (χ1v) is 2.43. The van der Waals surface area contributed by atoms with E-state index in [4.69, 9.17) is 4.74 Å². The fourth-order valence-electron chi connectivity index (χ4n) is 0.508. The Morgan fingerprint density at radius 3 is 2.22 bits per heavy atom. The largest absolute Gasteiger partial charge is 1.00 e. The van der Waals surface area contributed by atoms with Gasteiger partial charge in [0.15, 0.2) is 0 Å². The molecule has 0 saturated carbocycles. The first-order valence-electron chi connectivity index (χ1n) is 2.43. The van der Waals surface area contributed by atoms with Gasteiger partial charge in [0.1, 0.15) is 0 Å². The molecule has 1 aromatic rings. The van der Waals surface area contributed by atoms with Gasteiger partial charge < -0.3 is 4.74 Å². The summed E-state index contributed by atoms with van der Waals surface area (Å²) < 4.78 is 4.89. The second-order valence-electron chi connectivity index (χ2n) is 1.44. The van der Waals surface area contributed by atoms with E-state index in [1.165, 1.54) is 0 Å². The van der Waals surface area contributed by atoms with E-state index in [9.17, 15) is 0 Å². The van der Waals surface area contributed by atoms with E-state index in [1.54, 1.807) is 7.11 Å². The number of benzene rings is 1. The molecule has 1 nitrogen and oxygen atoms in total. The molecule has 0 radical (unpaired) electrons. The van der Waals surface area contributed by atoms with Gasteiger partial charge in [-0.3, -0.25) is 0 Å². The van der Waals surface area contributed by atoms with Crippen molar-refractivity contribution in [2.24, 2.45) is 0 Å². The Balaban J connectivity index is 0.000000640. The molecule has 0 N–H and O–H groups in total. The summed E-state index contributed by atoms with van der Waals surface area (Å²) >= 11 is 0. The fraction of sp³-hybridized carbons (Fsp3) is 0.143. The van der Waals surface area contributed by atoms with Crippen LogP contribution in [0, 0.1) is 6.07 Å². The second kappa shape index (κ2) is 4.49. The number of methoxy groups -OCH3 is 1. The Kier molecular flexibility index (Phi) is 4.30. The molecule has 0 spiro atoms. The van der Waals surface area contributed by atoms with Crippen LogP contribution >= 0.6 is 0 Å². The summed E-state index contributed by atoms with van der Waals surface area (Å²) in [5.74, 6) is 0.878. The van der Waals surface area contributed by atoms with E-state index in [0.717, 1.165) is 5.75 Å². The van der Waals surface area contributed by atoms with Crippen molar-refractivity contribution in [3.8, 4) is 5.75 Å². The van der Waals surface area contributed by atoms with Crippen LogP contribution in [0.5, 0.6) is 5.75 Å². The quantitative estimate of drug-likeness (QED) is 0.319. The minimum Gasteiger partial charge on any atom is -0.522 e. The van der Waals surface area contributed by atoms with E-state index < -0.39 is 0 Å². The molecule has 2 heteroatoms. The summed E-state index contributed by atoms with van der Waals surface area (Å²) in [6, 6.07) is 10.2. The molecule has 0 aliphatic rings. The minimum absolute atomic E-state index is 0. The van der Waals surface area contributed by atoms with Gasteiger partial charge >= 0.3 is 18.9 Å². The second-order valence-corrected chi connectivity index (χ2v) is 1.44. The average molecular weight is 114 g/mol. The van der Waals surface area contributed by atoms with Crippen molar-refractivity contribution >= 4 is 0 Å². The molecule has 1 aromatic carbocycles. The number of rotatable bonds is 1. The summed E-state index contributed by atoms with van der Waals surface area (Å²) in [7, 11) is 1.65. The molecular formula is C7H7LiO. The predicted molar refractivity (Wildman–Crippen MR) is 31.8 cm³/mol. The van der Waals surface area contributed by atoms with Crippen LogP contribution < -0.4 is 23.6 Å². The zero-order chi connectivity index (χ0) is 5.82. The van der Waals surface area contributed by atoms with Crippen LogP contribution in [0.3, 0.4) is 0 Å². The maximum Gasteiger partial charge on any atom is 1.00 e. The van der Waals surface area contributed by atoms with Crippen molar-refractivity contribution in [3.63, 3.8) is 0 Å². The third-order valence-corrected chi connectivity index (χ3v) is 0.923. The summed E-state index contributed by atoms with van der Waals surface area (Å²) in [5, 5.41) is 0. The Morgan fingerprint density at radius 2 is 1.89 bits per heavy atom. The fourth-order valence-corrected chi connectivity index (χ4v) is 0.508. The molecule has 0 atom stereocenters. The van der Waals surface area contributed by atoms with Crippen LogP contribution in [0.1, 0.15) is 0 Å². The normalized spacial score (nSPS) is 7.67. The number of hydrogen-bond acceptors (Lipinski definition) is 1. The van der Waals surface area contributed by atoms with Crippen LogP contribution in [0.2, 0.25) is 0 Å². The van der Waals surface area contributed by atoms with E-state index >= 15 is 0 Å². The van der Waals surface area contributed by atoms with Gasteiger partial charge in [0.25, 0.3) is 0 Å². The number of ether oxygens (including phenoxy) is 1. The summed E-state index contributed by atoms with van der Waals surface area (Å²) in [6.07, 6.45) is 0. The van der Waals surface area contributed by atoms with E-state index in [0.29, 0.717) is 0 Å². The van der Waals surface area contributed by atoms with Gasteiger partial charge in [-0.15, -0.1) is 12.1 Å². The molecule has 0 aliphatic carbocycles. The topological polar surface area (TPSA) is 9.23 Å². The SMILES string of the molecule is COc1cc[c-]cc1.[Li+]. The molecule has 9 heavy (non-hydrogen) atoms. The monoisotopic (exact) mass is 114 g/mol. The molecule has 0 amide bonds. The van der Waals surface area contributed by atoms with Crippen LogP contribution in [0.25, 0.3) is 0 Å². The van der Waals surface area contributed by atoms with Crippen molar-refractivity contribution in [1.29, 1.82) is 0 Å². The van der Waals surface area contributed by atoms with Gasteiger partial charge in [-0.2, -0.15) is 18.2 Å². The van der Waals surface area contributed by atoms with Crippen LogP contribution in [0.15, 0.2) is 24.3 Å². The van der Waals surface area contributed by atoms with E-state index in [-0.39, 0.29) is 18.9 Å². The van der Waals surface area contributed by atoms with Crippen molar-refractivity contribution in [2.45, 2.75) is 0 Å². The maximum atomic E-state index is 4.89. The molecule has 0 heterocycles. The first kappa shape index (κ1) is 8.62. The molecule has 0 bridgehead atoms. The molecule has 0 saturated heterocycles. The molecule has 0 fully saturated rings. The van der Waals surface area contributed by atoms with Crippen molar-refractivity contribution in [2.75, 3.05) is 7.11 Å². The maximum absolute atomic E-state index is 4.89. The van der Waals surface area contributed by atoms with Crippen molar-refractivity contribution in [3.05, 3.63) is 30.3 Å². The smallest absolute Gasteiger partial charge is 0.522 e. The van der Waals surface area contributed by atoms with E-state index in [2.05, 4.69) is 6.07 Å². The van der Waals surface area contributed by atoms with Crippen LogP contribution in [-0.4, -0.2) is 7.11 Å². The van der Waals surface area contributed by atoms with Crippen molar-refractivity contribution in [1.82, 2.24) is 0 Å². The average Bonchev–Trinajstić information content (AvgIpc) is 1.90. The van der Waals surface area contributed by atoms with Gasteiger partial charge in [-0.1, -0.05) is 0 Å². The van der Waals surface area contributed by atoms with Crippen LogP contribution in [-0.2, 0) is 0 Å². The van der Waals surface area contributed by atoms with Gasteiger partial charge in [0.05, 0.1) is 7.11 Å². The molecule has 0 aromatic heterocycles. The third-order valence-electron chi connectivity index (χ3n) is 0.923. The van der Waals surface area contributed by atoms with Gasteiger partial charge in [-0.05, 0) is 0 Å². The summed E-state index contributed by atoms with van der Waals surface area (Å²) in [5.41, 5.74) is 0. The zero-order valence-corrected chi connectivity index (χ0v) is 5.72. The van der Waals surface area contributed by atoms with Gasteiger partial charge in [0, 0.05) is 5.75 Å². The third kappa shape index (κ3) is 2.60. The summed E-state index contributed by atoms with van der Waals surface area (Å²) in [6.45, 7) is 0. The molecule has 0 aliphatic heterocycles. The molecular weight excluding hydrogens is 107 g/mol. The zero-order valence-electron chi connectivity index (χ0n) is 5.72. The minimum atomic E-state index is 0. The number of hydrogen-bond donors (Lipinski definition) is 0. The Labute approximate surface area is 67.2 Å². The molecule has 42 valence electrons. The summed E-state index contributed by atoms with van der Waals surface area (Å²) in [4.78, 5) is 0. The molecule has 1 rings (SSSR count). The van der Waals surface area contributed by atoms with Gasteiger partial charge in [-0.25, -0.2) is 0 Å². The Hall–Kier alpha value is -0.383.